The third kappa shape index (κ3) is 3.19. The summed E-state index contributed by atoms with van der Waals surface area (Å²) >= 11 is 0. The van der Waals surface area contributed by atoms with Gasteiger partial charge in [0.25, 0.3) is 5.91 Å². The average Bonchev–Trinajstić information content (AvgIpc) is 2.75. The van der Waals surface area contributed by atoms with Crippen LogP contribution in [0, 0.1) is 11.8 Å². The highest BCUT2D eigenvalue weighted by atomic mass is 16.3. The fraction of sp³-hybridized carbons (Fsp3) is 0.458. The van der Waals surface area contributed by atoms with E-state index in [2.05, 4.69) is 0 Å². The van der Waals surface area contributed by atoms with Crippen molar-refractivity contribution in [3.63, 3.8) is 0 Å². The number of aliphatic hydroxyl groups excluding tert-OH is 3. The fourth-order valence-corrected chi connectivity index (χ4v) is 5.87. The van der Waals surface area contributed by atoms with Gasteiger partial charge in [-0.1, -0.05) is 0 Å². The monoisotopic (exact) mass is 487 g/mol. The van der Waals surface area contributed by atoms with Crippen LogP contribution in [0.25, 0.3) is 5.76 Å². The molecule has 11 nitrogen and oxygen atoms in total. The molecule has 0 aliphatic heterocycles. The average molecular weight is 488 g/mol. The lowest BCUT2D eigenvalue weighted by Gasteiger charge is -2.50. The van der Waals surface area contributed by atoms with Crippen LogP contribution in [0.5, 0.6) is 5.75 Å². The van der Waals surface area contributed by atoms with E-state index in [0.717, 1.165) is 0 Å². The van der Waals surface area contributed by atoms with Gasteiger partial charge in [-0.25, -0.2) is 0 Å². The highest BCUT2D eigenvalue weighted by Crippen LogP contribution is 2.54. The van der Waals surface area contributed by atoms with Gasteiger partial charge < -0.3 is 36.2 Å². The van der Waals surface area contributed by atoms with Crippen LogP contribution in [0.1, 0.15) is 23.1 Å². The van der Waals surface area contributed by atoms with E-state index in [9.17, 15) is 39.9 Å². The Bertz CT molecular complexity index is 1230. The second-order valence-electron chi connectivity index (χ2n) is 9.77. The van der Waals surface area contributed by atoms with E-state index in [0.29, 0.717) is 11.3 Å². The van der Waals surface area contributed by atoms with Crippen molar-refractivity contribution in [2.75, 3.05) is 33.1 Å². The standard InChI is InChI=1S/C24H29N3O8/c1-26(2)13-7-10(8-28)18(29)15-11(13)5-9-6-12-17(27(3)4)20(31)16(23(25)34)22(33)24(12,35)21(32)14(9)19(15)30/h7,9,12,17,28-30,33,35H,5-6,8H2,1-4H3,(H2,25,34). The van der Waals surface area contributed by atoms with Crippen molar-refractivity contribution in [1.29, 1.82) is 0 Å². The Hall–Kier alpha value is -3.41. The lowest BCUT2D eigenvalue weighted by atomic mass is 9.57. The smallest absolute Gasteiger partial charge is 0.255 e. The number of carbonyl (C=O) groups excluding carboxylic acids is 3. The number of hydrogen-bond acceptors (Lipinski definition) is 10. The Morgan fingerprint density at radius 1 is 1.17 bits per heavy atom. The van der Waals surface area contributed by atoms with Crippen LogP contribution in [-0.2, 0) is 27.4 Å². The summed E-state index contributed by atoms with van der Waals surface area (Å²) in [4.78, 5) is 42.1. The molecule has 188 valence electrons. The first-order chi connectivity index (χ1) is 16.3. The summed E-state index contributed by atoms with van der Waals surface area (Å²) < 4.78 is 0. The summed E-state index contributed by atoms with van der Waals surface area (Å²) in [6.07, 6.45) is 0.197. The van der Waals surface area contributed by atoms with Gasteiger partial charge in [0.05, 0.1) is 18.2 Å². The Morgan fingerprint density at radius 3 is 2.31 bits per heavy atom. The molecule has 0 heterocycles. The van der Waals surface area contributed by atoms with Crippen molar-refractivity contribution in [3.8, 4) is 5.75 Å². The van der Waals surface area contributed by atoms with Crippen LogP contribution < -0.4 is 10.6 Å². The molecular weight excluding hydrogens is 458 g/mol. The number of anilines is 1. The molecule has 0 bridgehead atoms. The maximum absolute atomic E-state index is 13.8. The number of aromatic hydroxyl groups is 1. The first-order valence-electron chi connectivity index (χ1n) is 11.1. The first kappa shape index (κ1) is 24.7. The molecule has 11 heteroatoms. The van der Waals surface area contributed by atoms with Gasteiger partial charge in [-0.2, -0.15) is 0 Å². The molecule has 0 radical (unpaired) electrons. The number of Topliss-reactive ketones (excluding diaryl/α,β-unsaturated/α-hetero) is 2. The van der Waals surface area contributed by atoms with E-state index in [1.54, 1.807) is 39.2 Å². The Labute approximate surface area is 201 Å². The predicted octanol–water partition coefficient (Wildman–Crippen LogP) is -0.478. The summed E-state index contributed by atoms with van der Waals surface area (Å²) in [5.74, 6) is -7.05. The highest BCUT2D eigenvalue weighted by molar-refractivity contribution is 6.24. The van der Waals surface area contributed by atoms with Crippen molar-refractivity contribution in [2.24, 2.45) is 17.6 Å². The number of aliphatic hydroxyl groups is 4. The fourth-order valence-electron chi connectivity index (χ4n) is 5.87. The van der Waals surface area contributed by atoms with Crippen molar-refractivity contribution in [3.05, 3.63) is 39.7 Å². The minimum absolute atomic E-state index is 0.0150. The molecule has 1 aromatic rings. The minimum Gasteiger partial charge on any atom is -0.508 e. The van der Waals surface area contributed by atoms with Crippen LogP contribution in [0.2, 0.25) is 0 Å². The topological polar surface area (TPSA) is 185 Å². The molecule has 0 saturated heterocycles. The molecule has 0 spiro atoms. The predicted molar refractivity (Wildman–Crippen MR) is 124 cm³/mol. The van der Waals surface area contributed by atoms with Gasteiger partial charge in [0.15, 0.2) is 11.4 Å². The molecule has 4 atom stereocenters. The number of likely N-dealkylation sites (N-methyl/N-ethyl adjacent to an activating group) is 1. The van der Waals surface area contributed by atoms with Crippen molar-refractivity contribution in [1.82, 2.24) is 4.90 Å². The molecule has 0 aromatic heterocycles. The summed E-state index contributed by atoms with van der Waals surface area (Å²) in [7, 11) is 6.61. The van der Waals surface area contributed by atoms with Gasteiger partial charge in [-0.3, -0.25) is 19.3 Å². The molecule has 4 rings (SSSR count). The van der Waals surface area contributed by atoms with Crippen molar-refractivity contribution in [2.45, 2.75) is 31.1 Å². The Balaban J connectivity index is 2.01. The Morgan fingerprint density at radius 2 is 1.80 bits per heavy atom. The number of phenols is 1. The molecular formula is C24H29N3O8. The number of carbonyl (C=O) groups is 3. The first-order valence-corrected chi connectivity index (χ1v) is 11.1. The van der Waals surface area contributed by atoms with Crippen LogP contribution in [0.3, 0.4) is 0 Å². The van der Waals surface area contributed by atoms with E-state index in [-0.39, 0.29) is 29.5 Å². The van der Waals surface area contributed by atoms with Crippen LogP contribution >= 0.6 is 0 Å². The normalized spacial score (nSPS) is 28.1. The maximum Gasteiger partial charge on any atom is 0.255 e. The zero-order chi connectivity index (χ0) is 26.1. The number of nitrogens with zero attached hydrogens (tertiary/aromatic N) is 2. The lowest BCUT2D eigenvalue weighted by Crippen LogP contribution is -2.65. The van der Waals surface area contributed by atoms with Crippen LogP contribution in [0.4, 0.5) is 5.69 Å². The number of primary amides is 1. The maximum atomic E-state index is 13.8. The van der Waals surface area contributed by atoms with Crippen LogP contribution in [-0.4, -0.2) is 87.7 Å². The molecule has 4 unspecified atom stereocenters. The summed E-state index contributed by atoms with van der Waals surface area (Å²) in [5, 5.41) is 54.2. The van der Waals surface area contributed by atoms with E-state index in [1.807, 2.05) is 0 Å². The summed E-state index contributed by atoms with van der Waals surface area (Å²) in [5.41, 5.74) is 2.79. The number of amides is 1. The highest BCUT2D eigenvalue weighted by Gasteiger charge is 2.64. The van der Waals surface area contributed by atoms with Gasteiger partial charge in [0.2, 0.25) is 5.78 Å². The van der Waals surface area contributed by atoms with E-state index < -0.39 is 70.4 Å². The number of hydrogen-bond donors (Lipinski definition) is 6. The van der Waals surface area contributed by atoms with Gasteiger partial charge in [0, 0.05) is 36.8 Å². The zero-order valence-electron chi connectivity index (χ0n) is 19.9. The number of rotatable bonds is 4. The van der Waals surface area contributed by atoms with Gasteiger partial charge in [0.1, 0.15) is 22.8 Å². The molecule has 1 aromatic carbocycles. The molecule has 1 fully saturated rings. The second-order valence-corrected chi connectivity index (χ2v) is 9.77. The quantitative estimate of drug-likeness (QED) is 0.303. The minimum atomic E-state index is -2.68. The third-order valence-electron chi connectivity index (χ3n) is 7.43. The number of nitrogens with two attached hydrogens (primary N) is 1. The largest absolute Gasteiger partial charge is 0.508 e. The second kappa shape index (κ2) is 8.08. The van der Waals surface area contributed by atoms with Gasteiger partial charge in [-0.05, 0) is 44.5 Å². The Kier molecular flexibility index (Phi) is 5.70. The van der Waals surface area contributed by atoms with Gasteiger partial charge >= 0.3 is 0 Å². The summed E-state index contributed by atoms with van der Waals surface area (Å²) in [6.45, 7) is -0.524. The number of fused-ring (bicyclic) bond motifs is 3. The molecule has 3 aliphatic rings. The molecule has 3 aliphatic carbocycles. The molecule has 35 heavy (non-hydrogen) atoms. The molecule has 1 amide bonds. The number of ketones is 2. The van der Waals surface area contributed by atoms with Gasteiger partial charge in [-0.15, -0.1) is 0 Å². The van der Waals surface area contributed by atoms with Crippen LogP contribution in [0.15, 0.2) is 23.0 Å². The molecule has 1 saturated carbocycles. The summed E-state index contributed by atoms with van der Waals surface area (Å²) in [6, 6.07) is 0.458. The lowest BCUT2D eigenvalue weighted by molar-refractivity contribution is -0.153. The van der Waals surface area contributed by atoms with Crippen molar-refractivity contribution < 1.29 is 39.9 Å². The zero-order valence-corrected chi connectivity index (χ0v) is 19.9. The molecule has 7 N–H and O–H groups in total. The van der Waals surface area contributed by atoms with E-state index in [4.69, 9.17) is 5.73 Å². The van der Waals surface area contributed by atoms with E-state index in [1.165, 1.54) is 4.90 Å². The number of benzene rings is 1. The SMILES string of the molecule is CN(C)c1cc(CO)c(O)c2c1CC1CC3C(N(C)C)C(=O)C(C(N)=O)=C(O)C3(O)C(=O)C1=C2O. The van der Waals surface area contributed by atoms with E-state index >= 15 is 0 Å². The third-order valence-corrected chi connectivity index (χ3v) is 7.43. The van der Waals surface area contributed by atoms with Crippen molar-refractivity contribution >= 4 is 28.9 Å².